The molecule has 0 aromatic carbocycles. The van der Waals surface area contributed by atoms with Gasteiger partial charge in [-0.2, -0.15) is 4.98 Å². The Bertz CT molecular complexity index is 382. The second-order valence-corrected chi connectivity index (χ2v) is 3.83. The fourth-order valence-electron chi connectivity index (χ4n) is 1.00. The molecule has 0 saturated heterocycles. The summed E-state index contributed by atoms with van der Waals surface area (Å²) in [5, 5.41) is 9.69. The van der Waals surface area contributed by atoms with Crippen LogP contribution in [0.4, 0.5) is 6.01 Å². The highest BCUT2D eigenvalue weighted by molar-refractivity contribution is 7.09. The number of aromatic nitrogens is 3. The first-order valence-corrected chi connectivity index (χ1v) is 5.07. The molecular weight excluding hydrogens is 200 g/mol. The van der Waals surface area contributed by atoms with Crippen molar-refractivity contribution in [1.29, 1.82) is 0 Å². The minimum absolute atomic E-state index is 0.440. The maximum Gasteiger partial charge on any atom is 0.321 e. The van der Waals surface area contributed by atoms with Gasteiger partial charge >= 0.3 is 6.01 Å². The lowest BCUT2D eigenvalue weighted by Crippen LogP contribution is -1.99. The lowest BCUT2D eigenvalue weighted by atomic mass is 10.6. The van der Waals surface area contributed by atoms with E-state index < -0.39 is 0 Å². The predicted molar refractivity (Wildman–Crippen MR) is 53.2 cm³/mol. The highest BCUT2D eigenvalue weighted by atomic mass is 32.1. The molecule has 0 fully saturated rings. The van der Waals surface area contributed by atoms with Crippen LogP contribution in [0, 0.1) is 13.8 Å². The SMILES string of the molecule is Cc1csc(CNc2nc(C)no2)n1. The fraction of sp³-hybridized carbons (Fsp3) is 0.375. The van der Waals surface area contributed by atoms with Gasteiger partial charge in [-0.15, -0.1) is 11.3 Å². The second kappa shape index (κ2) is 3.75. The first-order chi connectivity index (χ1) is 6.74. The van der Waals surface area contributed by atoms with E-state index in [1.54, 1.807) is 18.3 Å². The van der Waals surface area contributed by atoms with Gasteiger partial charge in [-0.25, -0.2) is 4.98 Å². The van der Waals surface area contributed by atoms with Crippen LogP contribution >= 0.6 is 11.3 Å². The molecule has 0 saturated carbocycles. The van der Waals surface area contributed by atoms with Crippen LogP contribution < -0.4 is 5.32 Å². The van der Waals surface area contributed by atoms with Gasteiger partial charge in [0.05, 0.1) is 6.54 Å². The number of anilines is 1. The van der Waals surface area contributed by atoms with Crippen LogP contribution in [0.25, 0.3) is 0 Å². The van der Waals surface area contributed by atoms with Gasteiger partial charge in [-0.1, -0.05) is 5.16 Å². The Morgan fingerprint density at radius 2 is 2.29 bits per heavy atom. The van der Waals surface area contributed by atoms with Crippen molar-refractivity contribution in [2.24, 2.45) is 0 Å². The molecule has 0 aliphatic heterocycles. The summed E-state index contributed by atoms with van der Waals surface area (Å²) in [5.74, 6) is 0.628. The van der Waals surface area contributed by atoms with Crippen LogP contribution in [0.2, 0.25) is 0 Å². The number of hydrogen-bond acceptors (Lipinski definition) is 6. The zero-order chi connectivity index (χ0) is 9.97. The topological polar surface area (TPSA) is 63.8 Å². The van der Waals surface area contributed by atoms with E-state index in [1.807, 2.05) is 12.3 Å². The van der Waals surface area contributed by atoms with Crippen molar-refractivity contribution in [3.63, 3.8) is 0 Å². The first kappa shape index (κ1) is 9.14. The monoisotopic (exact) mass is 210 g/mol. The van der Waals surface area contributed by atoms with Gasteiger partial charge in [0.2, 0.25) is 0 Å². The average molecular weight is 210 g/mol. The van der Waals surface area contributed by atoms with Gasteiger partial charge < -0.3 is 9.84 Å². The summed E-state index contributed by atoms with van der Waals surface area (Å²) in [6.45, 7) is 4.37. The van der Waals surface area contributed by atoms with Crippen molar-refractivity contribution in [3.8, 4) is 0 Å². The van der Waals surface area contributed by atoms with Crippen LogP contribution in [-0.2, 0) is 6.54 Å². The van der Waals surface area contributed by atoms with E-state index in [4.69, 9.17) is 4.52 Å². The molecule has 1 N–H and O–H groups in total. The van der Waals surface area contributed by atoms with E-state index in [1.165, 1.54) is 0 Å². The van der Waals surface area contributed by atoms with Crippen molar-refractivity contribution in [2.45, 2.75) is 20.4 Å². The minimum atomic E-state index is 0.440. The van der Waals surface area contributed by atoms with E-state index in [-0.39, 0.29) is 0 Å². The number of aryl methyl sites for hydroxylation is 2. The quantitative estimate of drug-likeness (QED) is 0.836. The Kier molecular flexibility index (Phi) is 2.45. The summed E-state index contributed by atoms with van der Waals surface area (Å²) in [5.41, 5.74) is 1.04. The molecule has 5 nitrogen and oxygen atoms in total. The van der Waals surface area contributed by atoms with Gasteiger partial charge in [-0.05, 0) is 13.8 Å². The average Bonchev–Trinajstić information content (AvgIpc) is 2.72. The summed E-state index contributed by atoms with van der Waals surface area (Å²) in [7, 11) is 0. The molecule has 0 bridgehead atoms. The molecule has 14 heavy (non-hydrogen) atoms. The van der Waals surface area contributed by atoms with Crippen molar-refractivity contribution in [3.05, 3.63) is 21.9 Å². The Morgan fingerprint density at radius 1 is 1.43 bits per heavy atom. The van der Waals surface area contributed by atoms with Crippen molar-refractivity contribution >= 4 is 17.4 Å². The summed E-state index contributed by atoms with van der Waals surface area (Å²) < 4.78 is 4.90. The minimum Gasteiger partial charge on any atom is -0.331 e. The number of nitrogens with zero attached hydrogens (tertiary/aromatic N) is 3. The van der Waals surface area contributed by atoms with Crippen molar-refractivity contribution in [1.82, 2.24) is 15.1 Å². The third-order valence-corrected chi connectivity index (χ3v) is 2.55. The van der Waals surface area contributed by atoms with E-state index in [9.17, 15) is 0 Å². The molecule has 0 radical (unpaired) electrons. The zero-order valence-corrected chi connectivity index (χ0v) is 8.76. The van der Waals surface area contributed by atoms with E-state index in [2.05, 4.69) is 20.4 Å². The highest BCUT2D eigenvalue weighted by Gasteiger charge is 2.03. The molecule has 0 unspecified atom stereocenters. The van der Waals surface area contributed by atoms with Gasteiger partial charge in [0.15, 0.2) is 5.82 Å². The van der Waals surface area contributed by atoms with Crippen LogP contribution in [0.1, 0.15) is 16.5 Å². The molecular formula is C8H10N4OS. The third-order valence-electron chi connectivity index (χ3n) is 1.58. The largest absolute Gasteiger partial charge is 0.331 e. The summed E-state index contributed by atoms with van der Waals surface area (Å²) in [6, 6.07) is 0.440. The van der Waals surface area contributed by atoms with Crippen molar-refractivity contribution in [2.75, 3.05) is 5.32 Å². The van der Waals surface area contributed by atoms with E-state index >= 15 is 0 Å². The molecule has 2 aromatic heterocycles. The maximum atomic E-state index is 4.90. The number of nitrogens with one attached hydrogen (secondary N) is 1. The van der Waals surface area contributed by atoms with Gasteiger partial charge in [0.25, 0.3) is 0 Å². The molecule has 0 aliphatic carbocycles. The fourth-order valence-corrected chi connectivity index (χ4v) is 1.72. The standard InChI is InChI=1S/C8H10N4OS/c1-5-4-14-7(10-5)3-9-8-11-6(2)12-13-8/h4H,3H2,1-2H3,(H,9,11,12). The lowest BCUT2D eigenvalue weighted by Gasteiger charge is -1.95. The molecule has 2 aromatic rings. The molecule has 0 spiro atoms. The molecule has 2 rings (SSSR count). The van der Waals surface area contributed by atoms with Gasteiger partial charge in [-0.3, -0.25) is 0 Å². The first-order valence-electron chi connectivity index (χ1n) is 4.19. The predicted octanol–water partition coefficient (Wildman–Crippen LogP) is 1.76. The zero-order valence-electron chi connectivity index (χ0n) is 7.94. The summed E-state index contributed by atoms with van der Waals surface area (Å²) in [6.07, 6.45) is 0. The van der Waals surface area contributed by atoms with E-state index in [0.29, 0.717) is 18.4 Å². The number of thiazole rings is 1. The maximum absolute atomic E-state index is 4.90. The molecule has 0 atom stereocenters. The highest BCUT2D eigenvalue weighted by Crippen LogP contribution is 2.11. The summed E-state index contributed by atoms with van der Waals surface area (Å²) >= 11 is 1.61. The molecule has 2 heterocycles. The molecule has 0 amide bonds. The van der Waals surface area contributed by atoms with Crippen LogP contribution in [0.5, 0.6) is 0 Å². The lowest BCUT2D eigenvalue weighted by molar-refractivity contribution is 0.425. The van der Waals surface area contributed by atoms with Crippen molar-refractivity contribution < 1.29 is 4.52 Å². The van der Waals surface area contributed by atoms with Gasteiger partial charge in [0.1, 0.15) is 5.01 Å². The normalized spacial score (nSPS) is 10.4. The Hall–Kier alpha value is -1.43. The van der Waals surface area contributed by atoms with Crippen LogP contribution in [-0.4, -0.2) is 15.1 Å². The summed E-state index contributed by atoms with van der Waals surface area (Å²) in [4.78, 5) is 8.32. The smallest absolute Gasteiger partial charge is 0.321 e. The Labute approximate surface area is 85.2 Å². The molecule has 6 heteroatoms. The third kappa shape index (κ3) is 2.08. The van der Waals surface area contributed by atoms with Crippen LogP contribution in [0.3, 0.4) is 0 Å². The molecule has 0 aliphatic rings. The van der Waals surface area contributed by atoms with Crippen LogP contribution in [0.15, 0.2) is 9.90 Å². The molecule has 74 valence electrons. The number of rotatable bonds is 3. The Morgan fingerprint density at radius 3 is 2.86 bits per heavy atom. The second-order valence-electron chi connectivity index (χ2n) is 2.88. The Balaban J connectivity index is 1.94. The number of hydrogen-bond donors (Lipinski definition) is 1. The van der Waals surface area contributed by atoms with E-state index in [0.717, 1.165) is 10.7 Å². The van der Waals surface area contributed by atoms with Gasteiger partial charge in [0, 0.05) is 11.1 Å².